The quantitative estimate of drug-likeness (QED) is 0.246. The van der Waals surface area contributed by atoms with Gasteiger partial charge in [-0.3, -0.25) is 19.2 Å². The predicted octanol–water partition coefficient (Wildman–Crippen LogP) is 5.54. The lowest BCUT2D eigenvalue weighted by Crippen LogP contribution is -2.43. The van der Waals surface area contributed by atoms with Crippen LogP contribution in [0.5, 0.6) is 0 Å². The first-order valence-corrected chi connectivity index (χ1v) is 15.3. The maximum absolute atomic E-state index is 13.1. The number of nitrogens with zero attached hydrogens (tertiary/aromatic N) is 3. The van der Waals surface area contributed by atoms with Crippen molar-refractivity contribution in [3.8, 4) is 0 Å². The van der Waals surface area contributed by atoms with Gasteiger partial charge in [0.1, 0.15) is 30.2 Å². The molecule has 4 amide bonds. The molecular weight excluding hydrogens is 586 g/mol. The lowest BCUT2D eigenvalue weighted by molar-refractivity contribution is -0.120. The number of aromatic nitrogens is 1. The highest BCUT2D eigenvalue weighted by Crippen LogP contribution is 2.25. The van der Waals surface area contributed by atoms with E-state index in [0.717, 1.165) is 29.5 Å². The highest BCUT2D eigenvalue weighted by molar-refractivity contribution is 6.03. The minimum Gasteiger partial charge on any atom is -0.471 e. The van der Waals surface area contributed by atoms with E-state index in [9.17, 15) is 19.2 Å². The highest BCUT2D eigenvalue weighted by atomic mass is 16.5. The van der Waals surface area contributed by atoms with E-state index in [0.29, 0.717) is 54.1 Å². The summed E-state index contributed by atoms with van der Waals surface area (Å²) in [5.41, 5.74) is 5.30. The normalized spacial score (nSPS) is 17.9. The Morgan fingerprint density at radius 3 is 1.65 bits per heavy atom. The van der Waals surface area contributed by atoms with E-state index in [-0.39, 0.29) is 23.6 Å². The average Bonchev–Trinajstić information content (AvgIpc) is 3.88. The fourth-order valence-electron chi connectivity index (χ4n) is 5.95. The van der Waals surface area contributed by atoms with Crippen LogP contribution in [0.15, 0.2) is 76.3 Å². The highest BCUT2D eigenvalue weighted by Gasteiger charge is 2.37. The van der Waals surface area contributed by atoms with Gasteiger partial charge in [0, 0.05) is 24.5 Å². The molecule has 2 aromatic carbocycles. The summed E-state index contributed by atoms with van der Waals surface area (Å²) in [5, 5.41) is 9.66. The van der Waals surface area contributed by atoms with Crippen molar-refractivity contribution in [2.75, 3.05) is 23.7 Å². The van der Waals surface area contributed by atoms with Crippen LogP contribution < -0.4 is 10.6 Å². The standard InChI is InChI=1S/C35H35N5O6/c1-22-19-45-20-28(22)34(43)39-17-3-5-30(39)32(41)36-26-13-9-24(10-14-26)7-8-25-11-15-27(16-12-25)37-33(42)31-6-4-18-40(31)35(44)29-21-46-38-23(29)2/h7-16,19-21,30-31H,3-6,17-18H2,1-2H3,(H,36,41)(H,37,42)/b8-7+/t30-,31-/m0/s1. The number of furan rings is 1. The summed E-state index contributed by atoms with van der Waals surface area (Å²) < 4.78 is 10.1. The van der Waals surface area contributed by atoms with Gasteiger partial charge >= 0.3 is 0 Å². The lowest BCUT2D eigenvalue weighted by Gasteiger charge is -2.23. The van der Waals surface area contributed by atoms with Crippen molar-refractivity contribution in [1.82, 2.24) is 15.0 Å². The number of carbonyl (C=O) groups is 4. The maximum atomic E-state index is 13.1. The van der Waals surface area contributed by atoms with Crippen molar-refractivity contribution in [3.05, 3.63) is 101 Å². The molecule has 2 fully saturated rings. The number of amides is 4. The molecule has 0 aliphatic carbocycles. The van der Waals surface area contributed by atoms with E-state index < -0.39 is 12.1 Å². The molecule has 11 heteroatoms. The Hall–Kier alpha value is -5.45. The summed E-state index contributed by atoms with van der Waals surface area (Å²) in [6, 6.07) is 13.8. The Kier molecular flexibility index (Phi) is 8.82. The van der Waals surface area contributed by atoms with Gasteiger partial charge in [-0.1, -0.05) is 41.6 Å². The molecule has 0 bridgehead atoms. The third-order valence-electron chi connectivity index (χ3n) is 8.52. The van der Waals surface area contributed by atoms with Gasteiger partial charge in [0.15, 0.2) is 0 Å². The van der Waals surface area contributed by atoms with E-state index in [2.05, 4.69) is 15.8 Å². The molecule has 2 aliphatic heterocycles. The fraction of sp³-hybridized carbons (Fsp3) is 0.286. The second-order valence-electron chi connectivity index (χ2n) is 11.7. The van der Waals surface area contributed by atoms with Crippen LogP contribution in [0.1, 0.15) is 68.8 Å². The van der Waals surface area contributed by atoms with Gasteiger partial charge in [-0.05, 0) is 80.5 Å². The SMILES string of the molecule is Cc1cocc1C(=O)N1CCC[C@H]1C(=O)Nc1ccc(/C=C/c2ccc(NC(=O)[C@@H]3CCCN3C(=O)c3conc3C)cc2)cc1. The van der Waals surface area contributed by atoms with Crippen LogP contribution in [-0.2, 0) is 9.59 Å². The molecule has 0 unspecified atom stereocenters. The Labute approximate surface area is 266 Å². The zero-order chi connectivity index (χ0) is 32.2. The Balaban J connectivity index is 1.01. The molecule has 4 heterocycles. The average molecular weight is 622 g/mol. The van der Waals surface area contributed by atoms with E-state index in [1.54, 1.807) is 16.7 Å². The van der Waals surface area contributed by atoms with Crippen molar-refractivity contribution < 1.29 is 28.1 Å². The van der Waals surface area contributed by atoms with E-state index in [4.69, 9.17) is 8.94 Å². The Morgan fingerprint density at radius 1 is 0.717 bits per heavy atom. The summed E-state index contributed by atoms with van der Waals surface area (Å²) in [6.07, 6.45) is 10.9. The number of hydrogen-bond donors (Lipinski definition) is 2. The zero-order valence-corrected chi connectivity index (χ0v) is 25.7. The van der Waals surface area contributed by atoms with Crippen LogP contribution >= 0.6 is 0 Å². The third kappa shape index (κ3) is 6.49. The van der Waals surface area contributed by atoms with Gasteiger partial charge in [-0.15, -0.1) is 0 Å². The van der Waals surface area contributed by atoms with E-state index >= 15 is 0 Å². The summed E-state index contributed by atoms with van der Waals surface area (Å²) in [5.74, 6) is -0.873. The number of anilines is 2. The summed E-state index contributed by atoms with van der Waals surface area (Å²) >= 11 is 0. The van der Waals surface area contributed by atoms with Gasteiger partial charge in [-0.25, -0.2) is 0 Å². The number of likely N-dealkylation sites (tertiary alicyclic amines) is 2. The monoisotopic (exact) mass is 621 g/mol. The molecule has 2 atom stereocenters. The van der Waals surface area contributed by atoms with Crippen LogP contribution in [0.4, 0.5) is 11.4 Å². The number of hydrogen-bond acceptors (Lipinski definition) is 7. The molecule has 0 spiro atoms. The number of nitrogens with one attached hydrogen (secondary N) is 2. The van der Waals surface area contributed by atoms with Crippen LogP contribution in [-0.4, -0.2) is 63.8 Å². The molecule has 2 saturated heterocycles. The molecule has 46 heavy (non-hydrogen) atoms. The number of aryl methyl sites for hydroxylation is 2. The van der Waals surface area contributed by atoms with E-state index in [1.165, 1.54) is 18.8 Å². The molecule has 236 valence electrons. The Bertz CT molecular complexity index is 1640. The molecule has 2 N–H and O–H groups in total. The molecule has 6 rings (SSSR count). The zero-order valence-electron chi connectivity index (χ0n) is 25.7. The van der Waals surface area contributed by atoms with Crippen LogP contribution in [0.25, 0.3) is 12.2 Å². The minimum atomic E-state index is -0.555. The molecule has 0 saturated carbocycles. The van der Waals surface area contributed by atoms with Gasteiger partial charge in [0.25, 0.3) is 11.8 Å². The summed E-state index contributed by atoms with van der Waals surface area (Å²) in [7, 11) is 0. The van der Waals surface area contributed by atoms with Crippen molar-refractivity contribution in [1.29, 1.82) is 0 Å². The van der Waals surface area contributed by atoms with Gasteiger partial charge in [-0.2, -0.15) is 0 Å². The van der Waals surface area contributed by atoms with Crippen LogP contribution in [0.3, 0.4) is 0 Å². The first-order chi connectivity index (χ1) is 22.3. The molecular formula is C35H35N5O6. The topological polar surface area (TPSA) is 138 Å². The smallest absolute Gasteiger partial charge is 0.259 e. The van der Waals surface area contributed by atoms with Crippen molar-refractivity contribution in [2.24, 2.45) is 0 Å². The summed E-state index contributed by atoms with van der Waals surface area (Å²) in [4.78, 5) is 55.2. The van der Waals surface area contributed by atoms with Crippen LogP contribution in [0, 0.1) is 13.8 Å². The molecule has 0 radical (unpaired) electrons. The van der Waals surface area contributed by atoms with Crippen molar-refractivity contribution in [3.63, 3.8) is 0 Å². The lowest BCUT2D eigenvalue weighted by atomic mass is 10.1. The summed E-state index contributed by atoms with van der Waals surface area (Å²) in [6.45, 7) is 4.55. The number of carbonyl (C=O) groups excluding carboxylic acids is 4. The van der Waals surface area contributed by atoms with Gasteiger partial charge in [0.05, 0.1) is 17.5 Å². The van der Waals surface area contributed by atoms with Gasteiger partial charge < -0.3 is 29.4 Å². The Morgan fingerprint density at radius 2 is 1.22 bits per heavy atom. The third-order valence-corrected chi connectivity index (χ3v) is 8.52. The molecule has 4 aromatic rings. The maximum Gasteiger partial charge on any atom is 0.259 e. The largest absolute Gasteiger partial charge is 0.471 e. The first kappa shape index (κ1) is 30.6. The van der Waals surface area contributed by atoms with Crippen molar-refractivity contribution in [2.45, 2.75) is 51.6 Å². The number of rotatable bonds is 8. The molecule has 2 aromatic heterocycles. The minimum absolute atomic E-state index is 0.189. The first-order valence-electron chi connectivity index (χ1n) is 15.3. The fourth-order valence-corrected chi connectivity index (χ4v) is 5.95. The second-order valence-corrected chi connectivity index (χ2v) is 11.7. The predicted molar refractivity (Wildman–Crippen MR) is 172 cm³/mol. The van der Waals surface area contributed by atoms with Gasteiger partial charge in [0.2, 0.25) is 11.8 Å². The van der Waals surface area contributed by atoms with Crippen molar-refractivity contribution >= 4 is 47.2 Å². The second kappa shape index (κ2) is 13.3. The molecule has 11 nitrogen and oxygen atoms in total. The molecule has 2 aliphatic rings. The van der Waals surface area contributed by atoms with E-state index in [1.807, 2.05) is 67.6 Å². The number of benzene rings is 2. The van der Waals surface area contributed by atoms with Crippen LogP contribution in [0.2, 0.25) is 0 Å².